The van der Waals surface area contributed by atoms with Crippen LogP contribution in [-0.4, -0.2) is 39.0 Å². The zero-order valence-corrected chi connectivity index (χ0v) is 14.3. The molecule has 0 aromatic heterocycles. The fourth-order valence-corrected chi connectivity index (χ4v) is 5.03. The maximum atomic E-state index is 12.5. The molecule has 1 saturated heterocycles. The zero-order valence-electron chi connectivity index (χ0n) is 11.9. The molecule has 1 aromatic carbocycles. The van der Waals surface area contributed by atoms with E-state index in [9.17, 15) is 8.42 Å². The van der Waals surface area contributed by atoms with Crippen LogP contribution in [0.3, 0.4) is 0 Å². The lowest BCUT2D eigenvalue weighted by Crippen LogP contribution is -2.47. The summed E-state index contributed by atoms with van der Waals surface area (Å²) < 4.78 is 27.7. The molecule has 21 heavy (non-hydrogen) atoms. The van der Waals surface area contributed by atoms with E-state index >= 15 is 0 Å². The molecule has 2 rings (SSSR count). The molecule has 1 aliphatic rings. The number of hydrogen-bond acceptors (Lipinski definition) is 4. The zero-order chi connectivity index (χ0) is 15.8. The number of nitrogen functional groups attached to an aromatic ring is 1. The first-order chi connectivity index (χ1) is 9.70. The SMILES string of the molecule is CC1CC(NS(=O)(=O)c2c(Cl)cc(N)cc2Cl)CCN1C. The molecular weight excluding hydrogens is 333 g/mol. The molecule has 1 aromatic rings. The van der Waals surface area contributed by atoms with E-state index in [4.69, 9.17) is 28.9 Å². The fraction of sp³-hybridized carbons (Fsp3) is 0.538. The van der Waals surface area contributed by atoms with E-state index in [1.165, 1.54) is 12.1 Å². The molecule has 1 aliphatic heterocycles. The highest BCUT2D eigenvalue weighted by atomic mass is 35.5. The van der Waals surface area contributed by atoms with Gasteiger partial charge in [-0.3, -0.25) is 0 Å². The van der Waals surface area contributed by atoms with Gasteiger partial charge in [0.2, 0.25) is 10.0 Å². The summed E-state index contributed by atoms with van der Waals surface area (Å²) in [5.41, 5.74) is 5.93. The Balaban J connectivity index is 2.24. The first-order valence-corrected chi connectivity index (χ1v) is 8.91. The molecule has 0 saturated carbocycles. The summed E-state index contributed by atoms with van der Waals surface area (Å²) in [7, 11) is -1.74. The lowest BCUT2D eigenvalue weighted by molar-refractivity contribution is 0.178. The molecule has 1 heterocycles. The van der Waals surface area contributed by atoms with Crippen molar-refractivity contribution in [2.45, 2.75) is 36.7 Å². The number of nitrogens with one attached hydrogen (secondary N) is 1. The molecule has 5 nitrogen and oxygen atoms in total. The van der Waals surface area contributed by atoms with Crippen molar-refractivity contribution < 1.29 is 8.42 Å². The van der Waals surface area contributed by atoms with Gasteiger partial charge in [0, 0.05) is 17.8 Å². The van der Waals surface area contributed by atoms with Crippen LogP contribution < -0.4 is 10.5 Å². The normalized spacial score (nSPS) is 24.2. The van der Waals surface area contributed by atoms with Crippen molar-refractivity contribution in [1.29, 1.82) is 0 Å². The molecule has 118 valence electrons. The van der Waals surface area contributed by atoms with Gasteiger partial charge in [-0.1, -0.05) is 23.2 Å². The van der Waals surface area contributed by atoms with Crippen molar-refractivity contribution in [2.24, 2.45) is 0 Å². The van der Waals surface area contributed by atoms with Gasteiger partial charge in [-0.05, 0) is 45.5 Å². The van der Waals surface area contributed by atoms with Gasteiger partial charge in [0.1, 0.15) is 4.90 Å². The molecule has 2 atom stereocenters. The summed E-state index contributed by atoms with van der Waals surface area (Å²) in [5.74, 6) is 0. The third-order valence-corrected chi connectivity index (χ3v) is 6.26. The van der Waals surface area contributed by atoms with Crippen molar-refractivity contribution in [3.8, 4) is 0 Å². The molecule has 0 radical (unpaired) electrons. The van der Waals surface area contributed by atoms with Crippen molar-refractivity contribution in [3.05, 3.63) is 22.2 Å². The predicted molar refractivity (Wildman–Crippen MR) is 86.3 cm³/mol. The summed E-state index contributed by atoms with van der Waals surface area (Å²) in [5, 5.41) is 0.0713. The third-order valence-electron chi connectivity index (χ3n) is 3.82. The Morgan fingerprint density at radius 2 is 1.90 bits per heavy atom. The number of anilines is 1. The lowest BCUT2D eigenvalue weighted by atomic mass is 10.0. The number of piperidine rings is 1. The quantitative estimate of drug-likeness (QED) is 0.819. The van der Waals surface area contributed by atoms with E-state index < -0.39 is 10.0 Å². The molecule has 0 aliphatic carbocycles. The number of nitrogens with two attached hydrogens (primary N) is 1. The summed E-state index contributed by atoms with van der Waals surface area (Å²) >= 11 is 12.0. The van der Waals surface area contributed by atoms with Gasteiger partial charge in [0.05, 0.1) is 10.0 Å². The largest absolute Gasteiger partial charge is 0.399 e. The smallest absolute Gasteiger partial charge is 0.243 e. The van der Waals surface area contributed by atoms with Crippen LogP contribution in [-0.2, 0) is 10.0 Å². The minimum absolute atomic E-state index is 0.0356. The van der Waals surface area contributed by atoms with Gasteiger partial charge in [-0.15, -0.1) is 0 Å². The van der Waals surface area contributed by atoms with E-state index in [1.54, 1.807) is 0 Å². The second kappa shape index (κ2) is 6.30. The van der Waals surface area contributed by atoms with E-state index in [-0.39, 0.29) is 21.0 Å². The molecule has 1 fully saturated rings. The van der Waals surface area contributed by atoms with Crippen molar-refractivity contribution in [3.63, 3.8) is 0 Å². The maximum Gasteiger partial charge on any atom is 0.243 e. The van der Waals surface area contributed by atoms with Gasteiger partial charge in [-0.25, -0.2) is 13.1 Å². The van der Waals surface area contributed by atoms with E-state index in [2.05, 4.69) is 16.5 Å². The van der Waals surface area contributed by atoms with Gasteiger partial charge >= 0.3 is 0 Å². The van der Waals surface area contributed by atoms with Crippen LogP contribution in [0.25, 0.3) is 0 Å². The second-order valence-electron chi connectivity index (χ2n) is 5.49. The highest BCUT2D eigenvalue weighted by Crippen LogP contribution is 2.32. The fourth-order valence-electron chi connectivity index (χ4n) is 2.51. The topological polar surface area (TPSA) is 75.4 Å². The van der Waals surface area contributed by atoms with Crippen LogP contribution in [0.15, 0.2) is 17.0 Å². The number of halogens is 2. The second-order valence-corrected chi connectivity index (χ2v) is 7.95. The first kappa shape index (κ1) is 16.8. The Hall–Kier alpha value is -0.530. The average Bonchev–Trinajstić information content (AvgIpc) is 2.31. The lowest BCUT2D eigenvalue weighted by Gasteiger charge is -2.35. The van der Waals surface area contributed by atoms with Crippen molar-refractivity contribution in [1.82, 2.24) is 9.62 Å². The summed E-state index contributed by atoms with van der Waals surface area (Å²) in [6, 6.07) is 2.98. The van der Waals surface area contributed by atoms with Gasteiger partial charge < -0.3 is 10.6 Å². The van der Waals surface area contributed by atoms with Gasteiger partial charge in [-0.2, -0.15) is 0 Å². The molecule has 2 unspecified atom stereocenters. The molecular formula is C13H19Cl2N3O2S. The van der Waals surface area contributed by atoms with Gasteiger partial charge in [0.15, 0.2) is 0 Å². The highest BCUT2D eigenvalue weighted by Gasteiger charge is 2.29. The Labute approximate surface area is 135 Å². The molecule has 8 heteroatoms. The molecule has 0 amide bonds. The molecule has 0 spiro atoms. The summed E-state index contributed by atoms with van der Waals surface area (Å²) in [6.07, 6.45) is 1.50. The van der Waals surface area contributed by atoms with Crippen LogP contribution in [0, 0.1) is 0 Å². The number of rotatable bonds is 3. The van der Waals surface area contributed by atoms with Crippen molar-refractivity contribution in [2.75, 3.05) is 19.3 Å². The number of hydrogen-bond donors (Lipinski definition) is 2. The van der Waals surface area contributed by atoms with Crippen LogP contribution in [0.2, 0.25) is 10.0 Å². The molecule has 0 bridgehead atoms. The monoisotopic (exact) mass is 351 g/mol. The van der Waals surface area contributed by atoms with E-state index in [0.717, 1.165) is 19.4 Å². The van der Waals surface area contributed by atoms with E-state index in [0.29, 0.717) is 11.7 Å². The van der Waals surface area contributed by atoms with Crippen LogP contribution in [0.4, 0.5) is 5.69 Å². The minimum Gasteiger partial charge on any atom is -0.399 e. The number of benzene rings is 1. The number of sulfonamides is 1. The predicted octanol–water partition coefficient (Wildman–Crippen LogP) is 2.34. The number of nitrogens with zero attached hydrogens (tertiary/aromatic N) is 1. The Morgan fingerprint density at radius 3 is 2.43 bits per heavy atom. The standard InChI is InChI=1S/C13H19Cl2N3O2S/c1-8-5-10(3-4-18(8)2)17-21(19,20)13-11(14)6-9(16)7-12(13)15/h6-8,10,17H,3-5,16H2,1-2H3. The van der Waals surface area contributed by atoms with Gasteiger partial charge in [0.25, 0.3) is 0 Å². The van der Waals surface area contributed by atoms with Crippen molar-refractivity contribution >= 4 is 38.9 Å². The Bertz CT molecular complexity index is 613. The summed E-state index contributed by atoms with van der Waals surface area (Å²) in [6.45, 7) is 2.92. The maximum absolute atomic E-state index is 12.5. The van der Waals surface area contributed by atoms with Crippen LogP contribution in [0.5, 0.6) is 0 Å². The molecule has 3 N–H and O–H groups in total. The Kier molecular flexibility index (Phi) is 5.05. The minimum atomic E-state index is -3.77. The van der Waals surface area contributed by atoms with E-state index in [1.807, 2.05) is 7.05 Å². The highest BCUT2D eigenvalue weighted by molar-refractivity contribution is 7.89. The first-order valence-electron chi connectivity index (χ1n) is 6.68. The average molecular weight is 352 g/mol. The summed E-state index contributed by atoms with van der Waals surface area (Å²) in [4.78, 5) is 2.10. The number of likely N-dealkylation sites (tertiary alicyclic amines) is 1. The Morgan fingerprint density at radius 1 is 1.33 bits per heavy atom. The van der Waals surface area contributed by atoms with Crippen LogP contribution >= 0.6 is 23.2 Å². The van der Waals surface area contributed by atoms with Crippen LogP contribution in [0.1, 0.15) is 19.8 Å². The third kappa shape index (κ3) is 3.81.